The molecule has 1 aliphatic carbocycles. The minimum atomic E-state index is -1.00. The Bertz CT molecular complexity index is 743. The van der Waals surface area contributed by atoms with Gasteiger partial charge in [-0.05, 0) is 42.4 Å². The van der Waals surface area contributed by atoms with Gasteiger partial charge in [0.05, 0.1) is 31.4 Å². The van der Waals surface area contributed by atoms with E-state index in [0.29, 0.717) is 18.7 Å². The zero-order valence-electron chi connectivity index (χ0n) is 19.6. The van der Waals surface area contributed by atoms with Crippen LogP contribution in [0.5, 0.6) is 0 Å². The highest BCUT2D eigenvalue weighted by molar-refractivity contribution is 5.85. The summed E-state index contributed by atoms with van der Waals surface area (Å²) in [6, 6.07) is 2.10. The van der Waals surface area contributed by atoms with Crippen molar-refractivity contribution in [3.8, 4) is 0 Å². The second-order valence-electron chi connectivity index (χ2n) is 10.2. The summed E-state index contributed by atoms with van der Waals surface area (Å²) in [4.78, 5) is 12.8. The van der Waals surface area contributed by atoms with Gasteiger partial charge in [0, 0.05) is 18.5 Å². The fourth-order valence-electron chi connectivity index (χ4n) is 4.25. The highest BCUT2D eigenvalue weighted by Crippen LogP contribution is 2.25. The molecule has 1 saturated heterocycles. The van der Waals surface area contributed by atoms with Crippen LogP contribution in [-0.4, -0.2) is 55.2 Å². The Morgan fingerprint density at radius 3 is 2.42 bits per heavy atom. The molecule has 2 aliphatic rings. The zero-order valence-corrected chi connectivity index (χ0v) is 20.4. The van der Waals surface area contributed by atoms with Crippen LogP contribution in [0.2, 0.25) is 0 Å². The average molecular weight is 491 g/mol. The van der Waals surface area contributed by atoms with Crippen LogP contribution in [0.1, 0.15) is 52.0 Å². The zero-order chi connectivity index (χ0) is 23.3. The number of amides is 1. The molecule has 4 atom stereocenters. The first-order valence-corrected chi connectivity index (χ1v) is 11.5. The molecular weight excluding hydrogens is 454 g/mol. The number of benzene rings is 1. The molecule has 0 unspecified atom stereocenters. The average Bonchev–Trinajstić information content (AvgIpc) is 3.25. The number of carbonyl (C=O) groups is 1. The van der Waals surface area contributed by atoms with Crippen LogP contribution in [0.3, 0.4) is 0 Å². The number of hydrogen-bond donors (Lipinski definition) is 3. The SMILES string of the molecule is CC(C)(C)CO[C@H]1CN[C@@H]([C@@H](O)[C@H](Cc2cc(F)cc(F)c2)NC(=O)C2CCCC2)CO1.Cl. The van der Waals surface area contributed by atoms with Crippen molar-refractivity contribution in [2.75, 3.05) is 19.8 Å². The summed E-state index contributed by atoms with van der Waals surface area (Å²) in [5.41, 5.74) is 0.386. The van der Waals surface area contributed by atoms with Crippen LogP contribution in [0.25, 0.3) is 0 Å². The van der Waals surface area contributed by atoms with Gasteiger partial charge in [-0.1, -0.05) is 33.6 Å². The van der Waals surface area contributed by atoms with E-state index in [9.17, 15) is 18.7 Å². The molecule has 6 nitrogen and oxygen atoms in total. The van der Waals surface area contributed by atoms with E-state index in [1.807, 2.05) is 0 Å². The molecule has 3 rings (SSSR count). The van der Waals surface area contributed by atoms with Gasteiger partial charge < -0.3 is 25.2 Å². The van der Waals surface area contributed by atoms with Crippen molar-refractivity contribution < 1.29 is 28.2 Å². The Hall–Kier alpha value is -1.32. The largest absolute Gasteiger partial charge is 0.389 e. The maximum Gasteiger partial charge on any atom is 0.223 e. The lowest BCUT2D eigenvalue weighted by Crippen LogP contribution is -2.60. The lowest BCUT2D eigenvalue weighted by molar-refractivity contribution is -0.182. The third kappa shape index (κ3) is 8.76. The Morgan fingerprint density at radius 1 is 1.24 bits per heavy atom. The van der Waals surface area contributed by atoms with Crippen molar-refractivity contribution in [3.05, 3.63) is 35.4 Å². The summed E-state index contributed by atoms with van der Waals surface area (Å²) in [5.74, 6) is -1.58. The van der Waals surface area contributed by atoms with Crippen LogP contribution in [-0.2, 0) is 20.7 Å². The first-order chi connectivity index (χ1) is 15.1. The second kappa shape index (κ2) is 12.4. The Balaban J connectivity index is 0.00000385. The highest BCUT2D eigenvalue weighted by atomic mass is 35.5. The maximum absolute atomic E-state index is 13.7. The number of ether oxygens (including phenoxy) is 2. The van der Waals surface area contributed by atoms with E-state index in [2.05, 4.69) is 31.4 Å². The number of hydrogen-bond acceptors (Lipinski definition) is 5. The van der Waals surface area contributed by atoms with Crippen molar-refractivity contribution >= 4 is 18.3 Å². The quantitative estimate of drug-likeness (QED) is 0.521. The van der Waals surface area contributed by atoms with Gasteiger partial charge in [-0.3, -0.25) is 4.79 Å². The van der Waals surface area contributed by atoms with Gasteiger partial charge in [-0.2, -0.15) is 0 Å². The first-order valence-electron chi connectivity index (χ1n) is 11.5. The van der Waals surface area contributed by atoms with Crippen molar-refractivity contribution in [1.82, 2.24) is 10.6 Å². The van der Waals surface area contributed by atoms with Crippen molar-refractivity contribution in [1.29, 1.82) is 0 Å². The molecule has 9 heteroatoms. The standard InChI is InChI=1S/C24H36F2N2O4.ClH/c1-24(2,3)14-32-21-12-27-20(13-31-21)22(29)19(28-23(30)16-6-4-5-7-16)10-15-8-17(25)11-18(26)9-15;/h8-9,11,16,19-22,27,29H,4-7,10,12-14H2,1-3H3,(H,28,30);1H/t19-,20+,21-,22-;/m0./s1. The van der Waals surface area contributed by atoms with E-state index >= 15 is 0 Å². The molecule has 0 radical (unpaired) electrons. The normalized spacial score (nSPS) is 23.6. The summed E-state index contributed by atoms with van der Waals surface area (Å²) < 4.78 is 39.0. The molecular formula is C24H37ClF2N2O4. The number of aliphatic hydroxyl groups is 1. The van der Waals surface area contributed by atoms with Gasteiger partial charge in [-0.25, -0.2) is 8.78 Å². The van der Waals surface area contributed by atoms with Crippen molar-refractivity contribution in [3.63, 3.8) is 0 Å². The molecule has 2 fully saturated rings. The number of aliphatic hydroxyl groups excluding tert-OH is 1. The summed E-state index contributed by atoms with van der Waals surface area (Å²) in [5, 5.41) is 17.3. The van der Waals surface area contributed by atoms with Crippen LogP contribution in [0, 0.1) is 23.0 Å². The molecule has 1 aromatic carbocycles. The smallest absolute Gasteiger partial charge is 0.223 e. The molecule has 1 aliphatic heterocycles. The molecule has 1 amide bonds. The topological polar surface area (TPSA) is 79.8 Å². The van der Waals surface area contributed by atoms with Crippen molar-refractivity contribution in [2.45, 2.75) is 77.4 Å². The molecule has 0 aromatic heterocycles. The van der Waals surface area contributed by atoms with Gasteiger partial charge in [-0.15, -0.1) is 12.4 Å². The van der Waals surface area contributed by atoms with Crippen molar-refractivity contribution in [2.24, 2.45) is 11.3 Å². The maximum atomic E-state index is 13.7. The van der Waals surface area contributed by atoms with Gasteiger partial charge in [0.15, 0.2) is 6.29 Å². The third-order valence-corrected chi connectivity index (χ3v) is 5.97. The summed E-state index contributed by atoms with van der Waals surface area (Å²) in [7, 11) is 0. The number of carbonyl (C=O) groups excluding carboxylic acids is 1. The minimum absolute atomic E-state index is 0. The molecule has 33 heavy (non-hydrogen) atoms. The second-order valence-corrected chi connectivity index (χ2v) is 10.2. The molecule has 1 aromatic rings. The van der Waals surface area contributed by atoms with Crippen LogP contribution in [0.4, 0.5) is 8.78 Å². The molecule has 0 bridgehead atoms. The number of morpholine rings is 1. The predicted molar refractivity (Wildman–Crippen MR) is 124 cm³/mol. The predicted octanol–water partition coefficient (Wildman–Crippen LogP) is 3.34. The Kier molecular flexibility index (Phi) is 10.5. The van der Waals surface area contributed by atoms with E-state index in [4.69, 9.17) is 9.47 Å². The van der Waals surface area contributed by atoms with Crippen LogP contribution in [0.15, 0.2) is 18.2 Å². The van der Waals surface area contributed by atoms with E-state index < -0.39 is 36.1 Å². The van der Waals surface area contributed by atoms with E-state index in [1.165, 1.54) is 12.1 Å². The fraction of sp³-hybridized carbons (Fsp3) is 0.708. The van der Waals surface area contributed by atoms with E-state index in [-0.39, 0.29) is 42.7 Å². The molecule has 1 heterocycles. The number of nitrogens with one attached hydrogen (secondary N) is 2. The van der Waals surface area contributed by atoms with Crippen LogP contribution >= 0.6 is 12.4 Å². The monoisotopic (exact) mass is 490 g/mol. The molecule has 188 valence electrons. The van der Waals surface area contributed by atoms with Crippen LogP contribution < -0.4 is 10.6 Å². The lowest BCUT2D eigenvalue weighted by Gasteiger charge is -2.37. The molecule has 0 spiro atoms. The third-order valence-electron chi connectivity index (χ3n) is 5.97. The fourth-order valence-corrected chi connectivity index (χ4v) is 4.25. The van der Waals surface area contributed by atoms with Gasteiger partial charge in [0.1, 0.15) is 11.6 Å². The summed E-state index contributed by atoms with van der Waals surface area (Å²) >= 11 is 0. The summed E-state index contributed by atoms with van der Waals surface area (Å²) in [6.07, 6.45) is 2.35. The molecule has 1 saturated carbocycles. The lowest BCUT2D eigenvalue weighted by atomic mass is 9.94. The van der Waals surface area contributed by atoms with Gasteiger partial charge in [0.25, 0.3) is 0 Å². The number of rotatable bonds is 8. The summed E-state index contributed by atoms with van der Waals surface area (Å²) in [6.45, 7) is 7.35. The highest BCUT2D eigenvalue weighted by Gasteiger charge is 2.35. The van der Waals surface area contributed by atoms with E-state index in [0.717, 1.165) is 31.7 Å². The van der Waals surface area contributed by atoms with E-state index in [1.54, 1.807) is 0 Å². The minimum Gasteiger partial charge on any atom is -0.389 e. The molecule has 3 N–H and O–H groups in total. The first kappa shape index (κ1) is 27.9. The van der Waals surface area contributed by atoms with Gasteiger partial charge >= 0.3 is 0 Å². The van der Waals surface area contributed by atoms with Gasteiger partial charge in [0.2, 0.25) is 5.91 Å². The number of halogens is 3. The Labute approximate surface area is 201 Å². The Morgan fingerprint density at radius 2 is 1.88 bits per heavy atom.